The van der Waals surface area contributed by atoms with Crippen molar-refractivity contribution in [2.24, 2.45) is 5.92 Å². The molecule has 7 nitrogen and oxygen atoms in total. The van der Waals surface area contributed by atoms with Crippen LogP contribution in [0, 0.1) is 11.7 Å². The summed E-state index contributed by atoms with van der Waals surface area (Å²) in [6.07, 6.45) is 2.24. The normalized spacial score (nSPS) is 19.0. The molecule has 1 atom stereocenters. The quantitative estimate of drug-likeness (QED) is 0.778. The van der Waals surface area contributed by atoms with Crippen molar-refractivity contribution in [2.45, 2.75) is 19.3 Å². The molecule has 0 radical (unpaired) electrons. The third-order valence-corrected chi connectivity index (χ3v) is 6.28. The van der Waals surface area contributed by atoms with Crippen LogP contribution in [0.1, 0.15) is 18.7 Å². The molecule has 0 bridgehead atoms. The van der Waals surface area contributed by atoms with E-state index in [1.165, 1.54) is 20.7 Å². The van der Waals surface area contributed by atoms with Crippen molar-refractivity contribution in [3.8, 4) is 11.5 Å². The lowest BCUT2D eigenvalue weighted by atomic mass is 10.0. The largest absolute Gasteiger partial charge is 0.334 e. The lowest BCUT2D eigenvalue weighted by Gasteiger charge is -2.20. The topological polar surface area (TPSA) is 79.5 Å². The predicted octanol–water partition coefficient (Wildman–Crippen LogP) is 1.94. The summed E-state index contributed by atoms with van der Waals surface area (Å²) in [6.45, 7) is 1.06. The van der Waals surface area contributed by atoms with Crippen molar-refractivity contribution in [2.75, 3.05) is 27.2 Å². The molecule has 1 unspecified atom stereocenters. The second-order valence-corrected chi connectivity index (χ2v) is 8.51. The van der Waals surface area contributed by atoms with Gasteiger partial charge in [0.1, 0.15) is 5.82 Å². The fourth-order valence-electron chi connectivity index (χ4n) is 2.87. The summed E-state index contributed by atoms with van der Waals surface area (Å²) in [5.41, 5.74) is 0.671. The number of rotatable bonds is 6. The first-order chi connectivity index (χ1) is 11.9. The SMILES string of the molecule is CN(C)S(=O)(=O)N1CCC(CCc2noc(-c3ccc(F)cc3)n2)C1. The highest BCUT2D eigenvalue weighted by atomic mass is 32.2. The first-order valence-electron chi connectivity index (χ1n) is 8.12. The minimum Gasteiger partial charge on any atom is -0.334 e. The number of hydrogen-bond donors (Lipinski definition) is 0. The van der Waals surface area contributed by atoms with E-state index in [1.54, 1.807) is 26.2 Å². The molecule has 0 spiro atoms. The lowest BCUT2D eigenvalue weighted by Crippen LogP contribution is -2.38. The predicted molar refractivity (Wildman–Crippen MR) is 90.3 cm³/mol. The molecule has 9 heteroatoms. The minimum atomic E-state index is -3.34. The van der Waals surface area contributed by atoms with E-state index in [4.69, 9.17) is 4.52 Å². The van der Waals surface area contributed by atoms with Gasteiger partial charge in [-0.1, -0.05) is 5.16 Å². The molecule has 1 aromatic heterocycles. The van der Waals surface area contributed by atoms with Crippen molar-refractivity contribution in [1.82, 2.24) is 18.8 Å². The van der Waals surface area contributed by atoms with E-state index in [0.29, 0.717) is 36.8 Å². The first-order valence-corrected chi connectivity index (χ1v) is 9.52. The molecule has 1 aliphatic heterocycles. The third-order valence-electron chi connectivity index (χ3n) is 4.37. The summed E-state index contributed by atoms with van der Waals surface area (Å²) in [5.74, 6) is 0.899. The highest BCUT2D eigenvalue weighted by Gasteiger charge is 2.32. The average Bonchev–Trinajstić information content (AvgIpc) is 3.23. The molecule has 1 saturated heterocycles. The maximum Gasteiger partial charge on any atom is 0.281 e. The van der Waals surface area contributed by atoms with Crippen LogP contribution in [0.15, 0.2) is 28.8 Å². The van der Waals surface area contributed by atoms with Gasteiger partial charge in [-0.15, -0.1) is 0 Å². The van der Waals surface area contributed by atoms with E-state index >= 15 is 0 Å². The van der Waals surface area contributed by atoms with E-state index < -0.39 is 10.2 Å². The van der Waals surface area contributed by atoms with Crippen LogP contribution in [-0.2, 0) is 16.6 Å². The van der Waals surface area contributed by atoms with E-state index in [1.807, 2.05) is 0 Å². The Labute approximate surface area is 146 Å². The Hall–Kier alpha value is -1.84. The summed E-state index contributed by atoms with van der Waals surface area (Å²) in [6, 6.07) is 5.87. The maximum atomic E-state index is 13.0. The van der Waals surface area contributed by atoms with E-state index in [2.05, 4.69) is 10.1 Å². The van der Waals surface area contributed by atoms with Crippen LogP contribution in [0.25, 0.3) is 11.5 Å². The van der Waals surface area contributed by atoms with Crippen LogP contribution in [0.2, 0.25) is 0 Å². The van der Waals surface area contributed by atoms with Crippen LogP contribution in [0.5, 0.6) is 0 Å². The number of nitrogens with zero attached hydrogens (tertiary/aromatic N) is 4. The maximum absolute atomic E-state index is 13.0. The summed E-state index contributed by atoms with van der Waals surface area (Å²) in [7, 11) is -0.260. The highest BCUT2D eigenvalue weighted by molar-refractivity contribution is 7.86. The molecule has 0 amide bonds. The minimum absolute atomic E-state index is 0.280. The Balaban J connectivity index is 1.56. The van der Waals surface area contributed by atoms with E-state index in [9.17, 15) is 12.8 Å². The summed E-state index contributed by atoms with van der Waals surface area (Å²) in [4.78, 5) is 4.33. The number of hydrogen-bond acceptors (Lipinski definition) is 5. The molecule has 25 heavy (non-hydrogen) atoms. The molecule has 2 heterocycles. The van der Waals surface area contributed by atoms with Gasteiger partial charge in [-0.25, -0.2) is 4.39 Å². The molecular formula is C16H21FN4O3S. The molecule has 2 aromatic rings. The van der Waals surface area contributed by atoms with Crippen molar-refractivity contribution in [1.29, 1.82) is 0 Å². The Kier molecular flexibility index (Phi) is 5.16. The first kappa shape index (κ1) is 18.0. The number of benzene rings is 1. The van der Waals surface area contributed by atoms with E-state index in [-0.39, 0.29) is 11.7 Å². The fraction of sp³-hybridized carbons (Fsp3) is 0.500. The molecular weight excluding hydrogens is 347 g/mol. The second-order valence-electron chi connectivity index (χ2n) is 6.36. The number of halogens is 1. The van der Waals surface area contributed by atoms with Crippen LogP contribution in [0.3, 0.4) is 0 Å². The Bertz CT molecular complexity index is 820. The van der Waals surface area contributed by atoms with Gasteiger partial charge < -0.3 is 4.52 Å². The molecule has 3 rings (SSSR count). The summed E-state index contributed by atoms with van der Waals surface area (Å²) >= 11 is 0. The smallest absolute Gasteiger partial charge is 0.281 e. The van der Waals surface area contributed by atoms with Crippen LogP contribution >= 0.6 is 0 Å². The van der Waals surface area contributed by atoms with E-state index in [0.717, 1.165) is 12.8 Å². The molecule has 0 saturated carbocycles. The Morgan fingerprint density at radius 3 is 2.72 bits per heavy atom. The zero-order chi connectivity index (χ0) is 18.0. The van der Waals surface area contributed by atoms with Gasteiger partial charge in [0.15, 0.2) is 5.82 Å². The summed E-state index contributed by atoms with van der Waals surface area (Å²) in [5, 5.41) is 3.95. The molecule has 0 N–H and O–H groups in total. The standard InChI is InChI=1S/C16H21FN4O3S/c1-20(2)25(22,23)21-10-9-12(11-21)3-8-15-18-16(24-19-15)13-4-6-14(17)7-5-13/h4-7,12H,3,8-11H2,1-2H3. The van der Waals surface area contributed by atoms with Gasteiger partial charge >= 0.3 is 0 Å². The lowest BCUT2D eigenvalue weighted by molar-refractivity contribution is 0.400. The monoisotopic (exact) mass is 368 g/mol. The van der Waals surface area contributed by atoms with Gasteiger partial charge in [0, 0.05) is 39.2 Å². The van der Waals surface area contributed by atoms with Gasteiger partial charge in [-0.05, 0) is 43.0 Å². The van der Waals surface area contributed by atoms with Gasteiger partial charge in [0.05, 0.1) is 0 Å². The zero-order valence-electron chi connectivity index (χ0n) is 14.2. The molecule has 1 fully saturated rings. The Morgan fingerprint density at radius 1 is 1.32 bits per heavy atom. The third kappa shape index (κ3) is 4.05. The molecule has 1 aromatic carbocycles. The Morgan fingerprint density at radius 2 is 2.04 bits per heavy atom. The zero-order valence-corrected chi connectivity index (χ0v) is 15.0. The number of aryl methyl sites for hydroxylation is 1. The molecule has 0 aliphatic carbocycles. The van der Waals surface area contributed by atoms with Gasteiger partial charge in [-0.2, -0.15) is 22.0 Å². The van der Waals surface area contributed by atoms with Crippen molar-refractivity contribution in [3.63, 3.8) is 0 Å². The average molecular weight is 368 g/mol. The molecule has 136 valence electrons. The van der Waals surface area contributed by atoms with Crippen molar-refractivity contribution >= 4 is 10.2 Å². The van der Waals surface area contributed by atoms with Crippen LogP contribution in [0.4, 0.5) is 4.39 Å². The van der Waals surface area contributed by atoms with Gasteiger partial charge in [0.2, 0.25) is 0 Å². The van der Waals surface area contributed by atoms with Crippen LogP contribution in [-0.4, -0.2) is 54.4 Å². The van der Waals surface area contributed by atoms with Gasteiger partial charge in [-0.3, -0.25) is 0 Å². The van der Waals surface area contributed by atoms with Crippen LogP contribution < -0.4 is 0 Å². The second kappa shape index (κ2) is 7.19. The van der Waals surface area contributed by atoms with Crippen molar-refractivity contribution in [3.05, 3.63) is 35.9 Å². The van der Waals surface area contributed by atoms with Crippen molar-refractivity contribution < 1.29 is 17.3 Å². The summed E-state index contributed by atoms with van der Waals surface area (Å²) < 4.78 is 45.2. The highest BCUT2D eigenvalue weighted by Crippen LogP contribution is 2.25. The fourth-order valence-corrected chi connectivity index (χ4v) is 4.07. The molecule has 1 aliphatic rings. The van der Waals surface area contributed by atoms with Gasteiger partial charge in [0.25, 0.3) is 16.1 Å². The number of aromatic nitrogens is 2.